The van der Waals surface area contributed by atoms with E-state index in [4.69, 9.17) is 0 Å². The summed E-state index contributed by atoms with van der Waals surface area (Å²) in [5.74, 6) is -0.0752. The van der Waals surface area contributed by atoms with Gasteiger partial charge in [-0.25, -0.2) is 4.99 Å². The van der Waals surface area contributed by atoms with Crippen LogP contribution in [0.4, 0.5) is 5.69 Å². The first-order chi connectivity index (χ1) is 11.0. The Morgan fingerprint density at radius 3 is 2.70 bits per heavy atom. The second-order valence-corrected chi connectivity index (χ2v) is 7.85. The Kier molecular flexibility index (Phi) is 5.08. The molecule has 2 aromatic carbocycles. The molecule has 2 N–H and O–H groups in total. The van der Waals surface area contributed by atoms with Crippen LogP contribution < -0.4 is 5.32 Å². The third-order valence-electron chi connectivity index (χ3n) is 2.98. The first-order valence-corrected chi connectivity index (χ1v) is 9.24. The maximum atomic E-state index is 12.1. The number of benzene rings is 2. The predicted octanol–water partition coefficient (Wildman–Crippen LogP) is 4.65. The number of thioether (sulfide) groups is 1. The van der Waals surface area contributed by atoms with Crippen LogP contribution in [0.3, 0.4) is 0 Å². The quantitative estimate of drug-likeness (QED) is 0.466. The molecule has 1 amide bonds. The Morgan fingerprint density at radius 2 is 1.96 bits per heavy atom. The average Bonchev–Trinajstić information content (AvgIpc) is 2.85. The van der Waals surface area contributed by atoms with Gasteiger partial charge in [0.15, 0.2) is 5.17 Å². The number of carbonyl (C=O) groups is 1. The van der Waals surface area contributed by atoms with Crippen molar-refractivity contribution in [3.05, 3.63) is 61.0 Å². The second kappa shape index (κ2) is 7.06. The Balaban J connectivity index is 1.86. The van der Waals surface area contributed by atoms with Gasteiger partial charge in [-0.1, -0.05) is 15.9 Å². The summed E-state index contributed by atoms with van der Waals surface area (Å²) in [7, 11) is 0. The van der Waals surface area contributed by atoms with E-state index in [0.29, 0.717) is 15.6 Å². The summed E-state index contributed by atoms with van der Waals surface area (Å²) in [6, 6.07) is 12.7. The molecular weight excluding hydrogens is 491 g/mol. The monoisotopic (exact) mass is 500 g/mol. The van der Waals surface area contributed by atoms with E-state index in [0.717, 1.165) is 13.7 Å². The van der Waals surface area contributed by atoms with Crippen molar-refractivity contribution in [2.24, 2.45) is 4.99 Å². The largest absolute Gasteiger partial charge is 0.507 e. The van der Waals surface area contributed by atoms with Crippen molar-refractivity contribution in [3.8, 4) is 5.75 Å². The Hall–Kier alpha value is -1.32. The molecule has 0 aliphatic carbocycles. The zero-order chi connectivity index (χ0) is 16.4. The fourth-order valence-corrected chi connectivity index (χ4v) is 3.51. The van der Waals surface area contributed by atoms with Crippen LogP contribution >= 0.6 is 50.3 Å². The molecule has 0 unspecified atom stereocenters. The molecule has 1 heterocycles. The first-order valence-electron chi connectivity index (χ1n) is 6.55. The number of halogens is 2. The van der Waals surface area contributed by atoms with E-state index in [2.05, 4.69) is 48.8 Å². The van der Waals surface area contributed by atoms with Crippen LogP contribution in [0.5, 0.6) is 5.75 Å². The van der Waals surface area contributed by atoms with Crippen molar-refractivity contribution < 1.29 is 9.90 Å². The number of nitrogens with one attached hydrogen (secondary N) is 1. The zero-order valence-corrected chi connectivity index (χ0v) is 16.1. The first kappa shape index (κ1) is 16.5. The fraction of sp³-hybridized carbons (Fsp3) is 0. The Labute approximate surface area is 159 Å². The lowest BCUT2D eigenvalue weighted by Gasteiger charge is -2.00. The van der Waals surface area contributed by atoms with Crippen LogP contribution in [0.2, 0.25) is 0 Å². The molecule has 1 fully saturated rings. The van der Waals surface area contributed by atoms with E-state index in [1.807, 2.05) is 30.3 Å². The van der Waals surface area contributed by atoms with E-state index in [1.54, 1.807) is 18.2 Å². The molecule has 0 saturated carbocycles. The van der Waals surface area contributed by atoms with Gasteiger partial charge < -0.3 is 10.4 Å². The van der Waals surface area contributed by atoms with Gasteiger partial charge in [-0.05, 0) is 82.9 Å². The molecule has 0 bridgehead atoms. The summed E-state index contributed by atoms with van der Waals surface area (Å²) in [6.45, 7) is 0. The van der Waals surface area contributed by atoms with Gasteiger partial charge in [0.1, 0.15) is 5.75 Å². The number of aromatic hydroxyl groups is 1. The van der Waals surface area contributed by atoms with E-state index in [9.17, 15) is 9.90 Å². The molecule has 1 aliphatic heterocycles. The van der Waals surface area contributed by atoms with Crippen molar-refractivity contribution in [1.82, 2.24) is 5.32 Å². The van der Waals surface area contributed by atoms with Gasteiger partial charge in [-0.2, -0.15) is 0 Å². The van der Waals surface area contributed by atoms with Gasteiger partial charge in [0.2, 0.25) is 0 Å². The highest BCUT2D eigenvalue weighted by Crippen LogP contribution is 2.31. The highest BCUT2D eigenvalue weighted by Gasteiger charge is 2.24. The van der Waals surface area contributed by atoms with Crippen LogP contribution in [0.1, 0.15) is 5.56 Å². The van der Waals surface area contributed by atoms with E-state index in [-0.39, 0.29) is 11.7 Å². The molecule has 0 radical (unpaired) electrons. The summed E-state index contributed by atoms with van der Waals surface area (Å²) in [4.78, 5) is 17.0. The number of nitrogens with zero attached hydrogens (tertiary/aromatic N) is 1. The molecule has 3 rings (SSSR count). The van der Waals surface area contributed by atoms with Crippen LogP contribution in [0.15, 0.2) is 56.8 Å². The minimum atomic E-state index is -0.218. The molecule has 116 valence electrons. The van der Waals surface area contributed by atoms with Gasteiger partial charge in [0, 0.05) is 13.6 Å². The van der Waals surface area contributed by atoms with E-state index in [1.165, 1.54) is 11.8 Å². The smallest absolute Gasteiger partial charge is 0.264 e. The molecule has 2 aromatic rings. The number of hydrogen-bond acceptors (Lipinski definition) is 4. The number of rotatable bonds is 2. The van der Waals surface area contributed by atoms with E-state index >= 15 is 0 Å². The van der Waals surface area contributed by atoms with Gasteiger partial charge >= 0.3 is 0 Å². The van der Waals surface area contributed by atoms with Gasteiger partial charge in [0.05, 0.1) is 10.6 Å². The van der Waals surface area contributed by atoms with Crippen molar-refractivity contribution in [3.63, 3.8) is 0 Å². The number of phenolic OH excluding ortho intramolecular Hbond substituents is 1. The molecule has 4 nitrogen and oxygen atoms in total. The van der Waals surface area contributed by atoms with Crippen molar-refractivity contribution in [2.75, 3.05) is 0 Å². The third-order valence-corrected chi connectivity index (χ3v) is 5.09. The summed E-state index contributed by atoms with van der Waals surface area (Å²) in [5.41, 5.74) is 1.37. The van der Waals surface area contributed by atoms with Crippen LogP contribution in [0.25, 0.3) is 6.08 Å². The minimum Gasteiger partial charge on any atom is -0.507 e. The number of amidine groups is 1. The molecule has 7 heteroatoms. The zero-order valence-electron chi connectivity index (χ0n) is 11.6. The van der Waals surface area contributed by atoms with Crippen LogP contribution in [-0.4, -0.2) is 16.2 Å². The third kappa shape index (κ3) is 4.15. The maximum Gasteiger partial charge on any atom is 0.264 e. The minimum absolute atomic E-state index is 0.143. The van der Waals surface area contributed by atoms with Crippen LogP contribution in [-0.2, 0) is 4.79 Å². The summed E-state index contributed by atoms with van der Waals surface area (Å²) < 4.78 is 1.96. The predicted molar refractivity (Wildman–Crippen MR) is 106 cm³/mol. The normalized spacial score (nSPS) is 17.7. The second-order valence-electron chi connectivity index (χ2n) is 4.66. The number of aliphatic imine (C=N–C) groups is 1. The number of hydrogen-bond donors (Lipinski definition) is 2. The fourth-order valence-electron chi connectivity index (χ4n) is 1.90. The van der Waals surface area contributed by atoms with Gasteiger partial charge in [0.25, 0.3) is 5.91 Å². The molecule has 0 aromatic heterocycles. The lowest BCUT2D eigenvalue weighted by atomic mass is 10.2. The highest BCUT2D eigenvalue weighted by atomic mass is 127. The number of carbonyl (C=O) groups excluding carboxylic acids is 1. The Bertz CT molecular complexity index is 834. The van der Waals surface area contributed by atoms with Gasteiger partial charge in [-0.15, -0.1) is 0 Å². The van der Waals surface area contributed by atoms with Crippen molar-refractivity contribution in [2.45, 2.75) is 0 Å². The molecule has 0 atom stereocenters. The SMILES string of the molecule is O=C1NC(=Nc2ccc(Br)cc2)SC1=Cc1cc(I)ccc1O. The Morgan fingerprint density at radius 1 is 1.22 bits per heavy atom. The lowest BCUT2D eigenvalue weighted by molar-refractivity contribution is -0.115. The number of phenols is 1. The van der Waals surface area contributed by atoms with E-state index < -0.39 is 0 Å². The van der Waals surface area contributed by atoms with Crippen LogP contribution in [0, 0.1) is 3.57 Å². The standard InChI is InChI=1S/C16H10BrIN2O2S/c17-10-1-4-12(5-2-10)19-16-20-15(22)14(23-16)8-9-7-11(18)3-6-13(9)21/h1-8,21H,(H,19,20,22). The molecule has 0 spiro atoms. The summed E-state index contributed by atoms with van der Waals surface area (Å²) in [6.07, 6.45) is 1.67. The molecular formula is C16H10BrIN2O2S. The number of amides is 1. The summed E-state index contributed by atoms with van der Waals surface area (Å²) in [5, 5.41) is 13.1. The van der Waals surface area contributed by atoms with Crippen molar-refractivity contribution >= 4 is 73.1 Å². The average molecular weight is 501 g/mol. The molecule has 1 aliphatic rings. The van der Waals surface area contributed by atoms with Gasteiger partial charge in [-0.3, -0.25) is 4.79 Å². The topological polar surface area (TPSA) is 61.7 Å². The molecule has 23 heavy (non-hydrogen) atoms. The summed E-state index contributed by atoms with van der Waals surface area (Å²) >= 11 is 6.78. The highest BCUT2D eigenvalue weighted by molar-refractivity contribution is 14.1. The molecule has 1 saturated heterocycles. The maximum absolute atomic E-state index is 12.1. The van der Waals surface area contributed by atoms with Crippen molar-refractivity contribution in [1.29, 1.82) is 0 Å². The lowest BCUT2D eigenvalue weighted by Crippen LogP contribution is -2.19.